The molecule has 1 aliphatic heterocycles. The Kier molecular flexibility index (Phi) is 3.12. The average Bonchev–Trinajstić information content (AvgIpc) is 2.85. The molecule has 1 unspecified atom stereocenters. The first-order valence-corrected chi connectivity index (χ1v) is 6.85. The predicted octanol–water partition coefficient (Wildman–Crippen LogP) is 1.62. The second-order valence-electron chi connectivity index (χ2n) is 4.20. The Morgan fingerprint density at radius 1 is 1.42 bits per heavy atom. The third-order valence-corrected chi connectivity index (χ3v) is 4.12. The van der Waals surface area contributed by atoms with Crippen LogP contribution in [0.15, 0.2) is 33.8 Å². The van der Waals surface area contributed by atoms with E-state index in [0.717, 1.165) is 17.7 Å². The number of thioether (sulfide) groups is 1. The van der Waals surface area contributed by atoms with Gasteiger partial charge < -0.3 is 11.1 Å². The molecule has 3 rings (SSSR count). The zero-order valence-corrected chi connectivity index (χ0v) is 10.8. The summed E-state index contributed by atoms with van der Waals surface area (Å²) in [5.41, 5.74) is 6.67. The van der Waals surface area contributed by atoms with Crippen LogP contribution in [0.3, 0.4) is 0 Å². The van der Waals surface area contributed by atoms with Crippen molar-refractivity contribution in [2.75, 3.05) is 11.5 Å². The monoisotopic (exact) mass is 276 g/mol. The number of nitrogens with two attached hydrogens (primary N) is 1. The highest BCUT2D eigenvalue weighted by Crippen LogP contribution is 2.35. The van der Waals surface area contributed by atoms with Crippen molar-refractivity contribution in [3.8, 4) is 0 Å². The second kappa shape index (κ2) is 4.93. The second-order valence-corrected chi connectivity index (χ2v) is 5.34. The largest absolute Gasteiger partial charge is 0.379 e. The molecule has 2 aromatic rings. The van der Waals surface area contributed by atoms with Crippen LogP contribution in [0, 0.1) is 0 Å². The van der Waals surface area contributed by atoms with Crippen LogP contribution in [-0.4, -0.2) is 22.0 Å². The minimum atomic E-state index is -0.356. The molecule has 2 heterocycles. The summed E-state index contributed by atoms with van der Waals surface area (Å²) in [4.78, 5) is 13.2. The fourth-order valence-electron chi connectivity index (χ4n) is 2.07. The van der Waals surface area contributed by atoms with Crippen molar-refractivity contribution < 1.29 is 9.42 Å². The summed E-state index contributed by atoms with van der Waals surface area (Å²) in [6.45, 7) is 0. The summed E-state index contributed by atoms with van der Waals surface area (Å²) in [5, 5.41) is 9.83. The molecule has 19 heavy (non-hydrogen) atoms. The molecule has 7 heteroatoms. The molecule has 0 saturated carbocycles. The summed E-state index contributed by atoms with van der Waals surface area (Å²) in [6, 6.07) is 8.02. The maximum absolute atomic E-state index is 12.0. The van der Waals surface area contributed by atoms with E-state index in [9.17, 15) is 4.79 Å². The van der Waals surface area contributed by atoms with Crippen molar-refractivity contribution in [2.45, 2.75) is 17.4 Å². The molecule has 1 aromatic carbocycles. The van der Waals surface area contributed by atoms with Crippen molar-refractivity contribution in [1.82, 2.24) is 15.6 Å². The first-order chi connectivity index (χ1) is 9.25. The number of amides is 1. The Morgan fingerprint density at radius 3 is 3.05 bits per heavy atom. The first-order valence-electron chi connectivity index (χ1n) is 5.86. The molecular formula is C12H12N4O2S. The quantitative estimate of drug-likeness (QED) is 0.865. The van der Waals surface area contributed by atoms with Crippen LogP contribution in [0.2, 0.25) is 0 Å². The third-order valence-electron chi connectivity index (χ3n) is 2.99. The molecule has 0 bridgehead atoms. The molecule has 0 saturated heterocycles. The molecule has 1 aromatic heterocycles. The van der Waals surface area contributed by atoms with E-state index < -0.39 is 0 Å². The minimum absolute atomic E-state index is 0.0102. The highest BCUT2D eigenvalue weighted by molar-refractivity contribution is 7.99. The lowest BCUT2D eigenvalue weighted by Gasteiger charge is -2.25. The van der Waals surface area contributed by atoms with Gasteiger partial charge in [-0.3, -0.25) is 4.79 Å². The smallest absolute Gasteiger partial charge is 0.277 e. The normalized spacial score (nSPS) is 17.8. The summed E-state index contributed by atoms with van der Waals surface area (Å²) < 4.78 is 4.44. The number of nitrogen functional groups attached to an aromatic ring is 1. The van der Waals surface area contributed by atoms with E-state index in [4.69, 9.17) is 5.73 Å². The average molecular weight is 276 g/mol. The van der Waals surface area contributed by atoms with Crippen LogP contribution in [0.25, 0.3) is 0 Å². The number of carbonyl (C=O) groups is 1. The molecule has 3 N–H and O–H groups in total. The molecule has 1 atom stereocenters. The van der Waals surface area contributed by atoms with E-state index in [-0.39, 0.29) is 23.5 Å². The van der Waals surface area contributed by atoms with Gasteiger partial charge in [-0.2, -0.15) is 0 Å². The third kappa shape index (κ3) is 2.28. The van der Waals surface area contributed by atoms with E-state index in [0.29, 0.717) is 0 Å². The lowest BCUT2D eigenvalue weighted by molar-refractivity contribution is 0.0925. The Hall–Kier alpha value is -2.02. The number of rotatable bonds is 2. The van der Waals surface area contributed by atoms with Crippen LogP contribution in [0.1, 0.15) is 28.5 Å². The van der Waals surface area contributed by atoms with Gasteiger partial charge in [0.05, 0.1) is 6.04 Å². The molecular weight excluding hydrogens is 264 g/mol. The molecule has 0 radical (unpaired) electrons. The van der Waals surface area contributed by atoms with Crippen molar-refractivity contribution in [1.29, 1.82) is 0 Å². The van der Waals surface area contributed by atoms with Gasteiger partial charge in [0.1, 0.15) is 0 Å². The summed E-state index contributed by atoms with van der Waals surface area (Å²) >= 11 is 1.80. The van der Waals surface area contributed by atoms with Crippen LogP contribution in [-0.2, 0) is 0 Å². The molecule has 1 aliphatic rings. The van der Waals surface area contributed by atoms with Gasteiger partial charge in [-0.05, 0) is 28.4 Å². The standard InChI is InChI=1S/C12H12N4O2S/c13-11-10(15-18-16-11)12(17)14-8-5-6-19-9-4-2-1-3-7(8)9/h1-4,8H,5-6H2,(H2,13,16)(H,14,17). The zero-order chi connectivity index (χ0) is 13.2. The first kappa shape index (κ1) is 12.0. The molecule has 0 aliphatic carbocycles. The van der Waals surface area contributed by atoms with E-state index in [1.54, 1.807) is 11.8 Å². The highest BCUT2D eigenvalue weighted by Gasteiger charge is 2.24. The Bertz CT molecular complexity index is 613. The number of nitrogens with one attached hydrogen (secondary N) is 1. The van der Waals surface area contributed by atoms with Gasteiger partial charge in [0.2, 0.25) is 11.5 Å². The summed E-state index contributed by atoms with van der Waals surface area (Å²) in [7, 11) is 0. The van der Waals surface area contributed by atoms with Crippen molar-refractivity contribution in [3.05, 3.63) is 35.5 Å². The SMILES string of the molecule is Nc1nonc1C(=O)NC1CCSc2ccccc21. The molecule has 98 valence electrons. The van der Waals surface area contributed by atoms with Gasteiger partial charge in [-0.15, -0.1) is 11.8 Å². The Morgan fingerprint density at radius 2 is 2.26 bits per heavy atom. The number of benzene rings is 1. The molecule has 0 fully saturated rings. The van der Waals surface area contributed by atoms with E-state index >= 15 is 0 Å². The molecule has 6 nitrogen and oxygen atoms in total. The van der Waals surface area contributed by atoms with Crippen molar-refractivity contribution >= 4 is 23.5 Å². The fraction of sp³-hybridized carbons (Fsp3) is 0.250. The topological polar surface area (TPSA) is 94.0 Å². The van der Waals surface area contributed by atoms with E-state index in [2.05, 4.69) is 26.3 Å². The number of fused-ring (bicyclic) bond motifs is 1. The maximum Gasteiger partial charge on any atom is 0.277 e. The number of carbonyl (C=O) groups excluding carboxylic acids is 1. The van der Waals surface area contributed by atoms with Gasteiger partial charge in [0, 0.05) is 10.6 Å². The zero-order valence-electron chi connectivity index (χ0n) is 10.00. The number of aromatic nitrogens is 2. The number of hydrogen-bond acceptors (Lipinski definition) is 6. The molecule has 0 spiro atoms. The number of nitrogens with zero attached hydrogens (tertiary/aromatic N) is 2. The summed E-state index contributed by atoms with van der Waals surface area (Å²) in [6.07, 6.45) is 0.874. The van der Waals surface area contributed by atoms with Gasteiger partial charge >= 0.3 is 0 Å². The van der Waals surface area contributed by atoms with E-state index in [1.165, 1.54) is 4.90 Å². The predicted molar refractivity (Wildman–Crippen MR) is 70.7 cm³/mol. The number of hydrogen-bond donors (Lipinski definition) is 2. The summed E-state index contributed by atoms with van der Waals surface area (Å²) in [5.74, 6) is 0.621. The van der Waals surface area contributed by atoms with Crippen LogP contribution >= 0.6 is 11.8 Å². The fourth-order valence-corrected chi connectivity index (χ4v) is 3.20. The lowest BCUT2D eigenvalue weighted by Crippen LogP contribution is -2.31. The van der Waals surface area contributed by atoms with Gasteiger partial charge in [-0.25, -0.2) is 4.63 Å². The number of anilines is 1. The molecule has 1 amide bonds. The Labute approximate surface area is 113 Å². The van der Waals surface area contributed by atoms with Crippen molar-refractivity contribution in [3.63, 3.8) is 0 Å². The maximum atomic E-state index is 12.0. The van der Waals surface area contributed by atoms with Crippen LogP contribution in [0.5, 0.6) is 0 Å². The van der Waals surface area contributed by atoms with Gasteiger partial charge in [0.25, 0.3) is 5.91 Å². The van der Waals surface area contributed by atoms with Crippen LogP contribution in [0.4, 0.5) is 5.82 Å². The Balaban J connectivity index is 1.82. The lowest BCUT2D eigenvalue weighted by atomic mass is 10.0. The van der Waals surface area contributed by atoms with Gasteiger partial charge in [0.15, 0.2) is 0 Å². The van der Waals surface area contributed by atoms with Crippen molar-refractivity contribution in [2.24, 2.45) is 0 Å². The highest BCUT2D eigenvalue weighted by atomic mass is 32.2. The minimum Gasteiger partial charge on any atom is -0.379 e. The van der Waals surface area contributed by atoms with Gasteiger partial charge in [-0.1, -0.05) is 18.2 Å². The van der Waals surface area contributed by atoms with E-state index in [1.807, 2.05) is 18.2 Å². The van der Waals surface area contributed by atoms with Crippen LogP contribution < -0.4 is 11.1 Å².